The van der Waals surface area contributed by atoms with Gasteiger partial charge in [-0.15, -0.1) is 0 Å². The number of hydrogen-bond acceptors (Lipinski definition) is 3. The zero-order valence-corrected chi connectivity index (χ0v) is 9.54. The maximum absolute atomic E-state index is 11.8. The number of carbonyl (C=O) groups is 1. The topological polar surface area (TPSA) is 88.0 Å². The van der Waals surface area contributed by atoms with Crippen LogP contribution in [0.2, 0.25) is 0 Å². The van der Waals surface area contributed by atoms with Gasteiger partial charge in [0.25, 0.3) is 5.91 Å². The van der Waals surface area contributed by atoms with Crippen molar-refractivity contribution in [3.8, 4) is 0 Å². The molecule has 0 spiro atoms. The Labute approximate surface area is 94.1 Å². The van der Waals surface area contributed by atoms with Gasteiger partial charge in [-0.05, 0) is 26.8 Å². The minimum Gasteiger partial charge on any atom is -0.367 e. The van der Waals surface area contributed by atoms with E-state index in [1.165, 1.54) is 18.5 Å². The number of rotatable bonds is 4. The Balaban J connectivity index is 2.81. The predicted octanol–water partition coefficient (Wildman–Crippen LogP) is 0.232. The molecular formula is C11H17N3O2. The van der Waals surface area contributed by atoms with Crippen LogP contribution in [-0.2, 0) is 0 Å². The quantitative estimate of drug-likeness (QED) is 0.682. The molecule has 16 heavy (non-hydrogen) atoms. The van der Waals surface area contributed by atoms with Crippen molar-refractivity contribution in [2.45, 2.75) is 25.8 Å². The third kappa shape index (κ3) is 3.20. The van der Waals surface area contributed by atoms with Crippen LogP contribution in [0.3, 0.4) is 0 Å². The normalized spacial score (nSPS) is 11.2. The van der Waals surface area contributed by atoms with Crippen LogP contribution >= 0.6 is 0 Å². The van der Waals surface area contributed by atoms with Gasteiger partial charge in [0.2, 0.25) is 0 Å². The van der Waals surface area contributed by atoms with Gasteiger partial charge in [0.1, 0.15) is 5.56 Å². The van der Waals surface area contributed by atoms with Crippen LogP contribution in [0.15, 0.2) is 23.3 Å². The molecule has 1 rings (SSSR count). The second-order valence-corrected chi connectivity index (χ2v) is 4.30. The van der Waals surface area contributed by atoms with Gasteiger partial charge in [0, 0.05) is 24.0 Å². The molecule has 0 aliphatic rings. The summed E-state index contributed by atoms with van der Waals surface area (Å²) in [5.41, 5.74) is 4.86. The molecule has 0 aliphatic carbocycles. The number of aromatic amines is 1. The summed E-state index contributed by atoms with van der Waals surface area (Å²) in [5.74, 6) is -0.375. The Morgan fingerprint density at radius 2 is 2.25 bits per heavy atom. The molecule has 0 aromatic carbocycles. The highest BCUT2D eigenvalue weighted by atomic mass is 16.2. The fourth-order valence-corrected chi connectivity index (χ4v) is 1.39. The van der Waals surface area contributed by atoms with Crippen LogP contribution in [-0.4, -0.2) is 23.0 Å². The van der Waals surface area contributed by atoms with Crippen LogP contribution in [0.1, 0.15) is 30.6 Å². The van der Waals surface area contributed by atoms with Gasteiger partial charge in [-0.3, -0.25) is 9.59 Å². The first-order chi connectivity index (χ1) is 7.46. The molecule has 0 fully saturated rings. The zero-order chi connectivity index (χ0) is 12.2. The SMILES string of the molecule is CC(C)(CCN)NC(=O)c1c[nH]ccc1=O. The monoisotopic (exact) mass is 223 g/mol. The van der Waals surface area contributed by atoms with E-state index in [-0.39, 0.29) is 16.9 Å². The molecule has 0 aliphatic heterocycles. The van der Waals surface area contributed by atoms with Gasteiger partial charge in [-0.1, -0.05) is 0 Å². The fraction of sp³-hybridized carbons (Fsp3) is 0.455. The number of carbonyl (C=O) groups excluding carboxylic acids is 1. The van der Waals surface area contributed by atoms with E-state index in [0.717, 1.165) is 0 Å². The van der Waals surface area contributed by atoms with E-state index in [4.69, 9.17) is 5.73 Å². The maximum Gasteiger partial charge on any atom is 0.257 e. The number of H-pyrrole nitrogens is 1. The summed E-state index contributed by atoms with van der Waals surface area (Å²) in [5, 5.41) is 2.78. The molecule has 0 atom stereocenters. The van der Waals surface area contributed by atoms with Gasteiger partial charge in [0.05, 0.1) is 0 Å². The van der Waals surface area contributed by atoms with E-state index in [9.17, 15) is 9.59 Å². The first-order valence-electron chi connectivity index (χ1n) is 5.16. The van der Waals surface area contributed by atoms with Gasteiger partial charge in [0.15, 0.2) is 5.43 Å². The average Bonchev–Trinajstić information content (AvgIpc) is 2.17. The minimum atomic E-state index is -0.409. The Kier molecular flexibility index (Phi) is 3.84. The molecule has 0 radical (unpaired) electrons. The third-order valence-electron chi connectivity index (χ3n) is 2.29. The van der Waals surface area contributed by atoms with E-state index in [1.807, 2.05) is 13.8 Å². The highest BCUT2D eigenvalue weighted by Crippen LogP contribution is 2.07. The number of amides is 1. The van der Waals surface area contributed by atoms with Gasteiger partial charge in [-0.25, -0.2) is 0 Å². The average molecular weight is 223 g/mol. The fourth-order valence-electron chi connectivity index (χ4n) is 1.39. The Morgan fingerprint density at radius 1 is 1.56 bits per heavy atom. The Bertz CT molecular complexity index is 423. The Hall–Kier alpha value is -1.62. The van der Waals surface area contributed by atoms with Crippen LogP contribution in [0, 0.1) is 0 Å². The van der Waals surface area contributed by atoms with Crippen molar-refractivity contribution in [3.05, 3.63) is 34.2 Å². The second-order valence-electron chi connectivity index (χ2n) is 4.30. The lowest BCUT2D eigenvalue weighted by Crippen LogP contribution is -2.45. The van der Waals surface area contributed by atoms with Crippen molar-refractivity contribution < 1.29 is 4.79 Å². The first kappa shape index (κ1) is 12.4. The summed E-state index contributed by atoms with van der Waals surface area (Å²) in [7, 11) is 0. The molecule has 1 aromatic heterocycles. The van der Waals surface area contributed by atoms with Crippen LogP contribution in [0.4, 0.5) is 0 Å². The number of aromatic nitrogens is 1. The molecule has 5 heteroatoms. The summed E-state index contributed by atoms with van der Waals surface area (Å²) in [4.78, 5) is 25.9. The highest BCUT2D eigenvalue weighted by molar-refractivity contribution is 5.94. The van der Waals surface area contributed by atoms with E-state index in [0.29, 0.717) is 13.0 Å². The lowest BCUT2D eigenvalue weighted by atomic mass is 10.0. The van der Waals surface area contributed by atoms with E-state index in [2.05, 4.69) is 10.3 Å². The van der Waals surface area contributed by atoms with Crippen LogP contribution in [0.25, 0.3) is 0 Å². The van der Waals surface area contributed by atoms with Crippen molar-refractivity contribution in [2.75, 3.05) is 6.54 Å². The largest absolute Gasteiger partial charge is 0.367 e. The summed E-state index contributed by atoms with van der Waals surface area (Å²) in [6.07, 6.45) is 3.55. The molecule has 0 saturated carbocycles. The third-order valence-corrected chi connectivity index (χ3v) is 2.29. The molecule has 88 valence electrons. The van der Waals surface area contributed by atoms with Crippen molar-refractivity contribution in [1.29, 1.82) is 0 Å². The molecule has 0 saturated heterocycles. The standard InChI is InChI=1S/C11H17N3O2/c1-11(2,4-5-12)14-10(16)8-7-13-6-3-9(8)15/h3,6-7H,4-5,12H2,1-2H3,(H,13,15)(H,14,16). The Morgan fingerprint density at radius 3 is 2.81 bits per heavy atom. The molecule has 1 aromatic rings. The number of pyridine rings is 1. The molecule has 1 amide bonds. The molecule has 1 heterocycles. The second kappa shape index (κ2) is 4.94. The summed E-state index contributed by atoms with van der Waals surface area (Å²) in [6, 6.07) is 1.32. The van der Waals surface area contributed by atoms with Gasteiger partial charge in [-0.2, -0.15) is 0 Å². The zero-order valence-electron chi connectivity index (χ0n) is 9.54. The number of nitrogens with two attached hydrogens (primary N) is 1. The molecule has 5 nitrogen and oxygen atoms in total. The lowest BCUT2D eigenvalue weighted by molar-refractivity contribution is 0.0909. The smallest absolute Gasteiger partial charge is 0.257 e. The van der Waals surface area contributed by atoms with E-state index < -0.39 is 5.54 Å². The molecule has 0 bridgehead atoms. The van der Waals surface area contributed by atoms with Crippen LogP contribution < -0.4 is 16.5 Å². The molecular weight excluding hydrogens is 206 g/mol. The first-order valence-corrected chi connectivity index (χ1v) is 5.16. The lowest BCUT2D eigenvalue weighted by Gasteiger charge is -2.25. The van der Waals surface area contributed by atoms with Gasteiger partial charge >= 0.3 is 0 Å². The van der Waals surface area contributed by atoms with Crippen molar-refractivity contribution >= 4 is 5.91 Å². The van der Waals surface area contributed by atoms with Crippen molar-refractivity contribution in [1.82, 2.24) is 10.3 Å². The minimum absolute atomic E-state index is 0.118. The number of nitrogens with one attached hydrogen (secondary N) is 2. The molecule has 0 unspecified atom stereocenters. The van der Waals surface area contributed by atoms with Crippen molar-refractivity contribution in [3.63, 3.8) is 0 Å². The summed E-state index contributed by atoms with van der Waals surface area (Å²) in [6.45, 7) is 4.22. The molecule has 4 N–H and O–H groups in total. The number of hydrogen-bond donors (Lipinski definition) is 3. The van der Waals surface area contributed by atoms with E-state index in [1.54, 1.807) is 0 Å². The van der Waals surface area contributed by atoms with Crippen LogP contribution in [0.5, 0.6) is 0 Å². The summed E-state index contributed by atoms with van der Waals surface area (Å²) < 4.78 is 0. The summed E-state index contributed by atoms with van der Waals surface area (Å²) >= 11 is 0. The highest BCUT2D eigenvalue weighted by Gasteiger charge is 2.21. The van der Waals surface area contributed by atoms with E-state index >= 15 is 0 Å². The predicted molar refractivity (Wildman–Crippen MR) is 62.3 cm³/mol. The van der Waals surface area contributed by atoms with Crippen molar-refractivity contribution in [2.24, 2.45) is 5.73 Å². The maximum atomic E-state index is 11.8. The van der Waals surface area contributed by atoms with Gasteiger partial charge < -0.3 is 16.0 Å².